The Bertz CT molecular complexity index is 232. The lowest BCUT2D eigenvalue weighted by Gasteiger charge is -1.75. The number of aromatic hydroxyl groups is 1. The molecule has 0 bridgehead atoms. The Labute approximate surface area is 46.6 Å². The van der Waals surface area contributed by atoms with E-state index < -0.39 is 0 Å². The van der Waals surface area contributed by atoms with Gasteiger partial charge in [0.25, 0.3) is 0 Å². The topological polar surface area (TPSA) is 46.2 Å². The Morgan fingerprint density at radius 3 is 2.12 bits per heavy atom. The van der Waals surface area contributed by atoms with E-state index in [1.807, 2.05) is 0 Å². The van der Waals surface area contributed by atoms with Crippen molar-refractivity contribution in [3.8, 4) is 16.9 Å². The zero-order chi connectivity index (χ0) is 5.72. The maximum atomic E-state index is 8.78. The molecule has 0 saturated carbocycles. The molecule has 8 heavy (non-hydrogen) atoms. The van der Waals surface area contributed by atoms with Gasteiger partial charge in [0.15, 0.2) is 0 Å². The lowest BCUT2D eigenvalue weighted by molar-refractivity contribution is 0.495. The SMILES string of the molecule is Nc1cc2c(O)c-2c1. The molecule has 40 valence electrons. The van der Waals surface area contributed by atoms with Crippen LogP contribution < -0.4 is 5.73 Å². The van der Waals surface area contributed by atoms with E-state index in [1.165, 1.54) is 0 Å². The Balaban J connectivity index is 2.66. The van der Waals surface area contributed by atoms with E-state index in [1.54, 1.807) is 12.1 Å². The molecule has 0 unspecified atom stereocenters. The molecule has 0 spiro atoms. The second-order valence-electron chi connectivity index (χ2n) is 1.96. The summed E-state index contributed by atoms with van der Waals surface area (Å²) >= 11 is 0. The van der Waals surface area contributed by atoms with Gasteiger partial charge in [0.05, 0.1) is 0 Å². The molecule has 2 aliphatic rings. The standard InChI is InChI=1S/C6H5NO/c7-3-1-4-5(2-3)6(4)8/h1-2,8H,7H2. The van der Waals surface area contributed by atoms with Crippen molar-refractivity contribution in [2.45, 2.75) is 0 Å². The van der Waals surface area contributed by atoms with Gasteiger partial charge in [-0.1, -0.05) is 0 Å². The van der Waals surface area contributed by atoms with Crippen molar-refractivity contribution < 1.29 is 5.11 Å². The zero-order valence-electron chi connectivity index (χ0n) is 4.18. The van der Waals surface area contributed by atoms with E-state index in [9.17, 15) is 0 Å². The molecular formula is C6H5NO. The van der Waals surface area contributed by atoms with Crippen molar-refractivity contribution in [2.24, 2.45) is 0 Å². The average Bonchev–Trinajstić information content (AvgIpc) is 2.29. The predicted octanol–water partition coefficient (Wildman–Crippen LogP) is 0.955. The lowest BCUT2D eigenvalue weighted by Crippen LogP contribution is -1.75. The van der Waals surface area contributed by atoms with Crippen molar-refractivity contribution in [2.75, 3.05) is 5.73 Å². The average molecular weight is 107 g/mol. The summed E-state index contributed by atoms with van der Waals surface area (Å²) in [7, 11) is 0. The first-order valence-electron chi connectivity index (χ1n) is 2.42. The van der Waals surface area contributed by atoms with Crippen LogP contribution in [0.1, 0.15) is 0 Å². The van der Waals surface area contributed by atoms with Crippen LogP contribution in [0.3, 0.4) is 0 Å². The molecule has 2 heteroatoms. The van der Waals surface area contributed by atoms with Gasteiger partial charge in [-0.25, -0.2) is 0 Å². The first-order chi connectivity index (χ1) is 3.79. The number of rotatable bonds is 0. The fraction of sp³-hybridized carbons (Fsp3) is 0. The number of fused-ring (bicyclic) bond motifs is 1. The zero-order valence-corrected chi connectivity index (χ0v) is 4.18. The third-order valence-corrected chi connectivity index (χ3v) is 1.36. The van der Waals surface area contributed by atoms with E-state index in [2.05, 4.69) is 0 Å². The maximum Gasteiger partial charge on any atom is 0.131 e. The number of benzene rings is 1. The summed E-state index contributed by atoms with van der Waals surface area (Å²) in [5, 5.41) is 8.78. The first kappa shape index (κ1) is 3.78. The summed E-state index contributed by atoms with van der Waals surface area (Å²) in [6, 6.07) is 3.54. The van der Waals surface area contributed by atoms with E-state index in [-0.39, 0.29) is 0 Å². The number of nitrogens with two attached hydrogens (primary N) is 1. The van der Waals surface area contributed by atoms with Crippen LogP contribution in [-0.4, -0.2) is 5.11 Å². The summed E-state index contributed by atoms with van der Waals surface area (Å²) < 4.78 is 0. The van der Waals surface area contributed by atoms with Gasteiger partial charge < -0.3 is 10.8 Å². The van der Waals surface area contributed by atoms with Gasteiger partial charge in [-0.05, 0) is 12.1 Å². The van der Waals surface area contributed by atoms with E-state index in [0.29, 0.717) is 5.75 Å². The highest BCUT2D eigenvalue weighted by Crippen LogP contribution is 2.52. The summed E-state index contributed by atoms with van der Waals surface area (Å²) in [6.07, 6.45) is 0. The van der Waals surface area contributed by atoms with Gasteiger partial charge in [0.2, 0.25) is 0 Å². The molecule has 0 aromatic rings. The Morgan fingerprint density at radius 2 is 1.75 bits per heavy atom. The van der Waals surface area contributed by atoms with Crippen LogP contribution >= 0.6 is 0 Å². The molecule has 0 atom stereocenters. The third kappa shape index (κ3) is 0.249. The minimum Gasteiger partial charge on any atom is -0.507 e. The fourth-order valence-electron chi connectivity index (χ4n) is 0.874. The van der Waals surface area contributed by atoms with Gasteiger partial charge in [0.1, 0.15) is 5.75 Å². The highest BCUT2D eigenvalue weighted by Gasteiger charge is 2.24. The number of anilines is 1. The first-order valence-corrected chi connectivity index (χ1v) is 2.42. The summed E-state index contributed by atoms with van der Waals surface area (Å²) in [4.78, 5) is 0. The molecular weight excluding hydrogens is 102 g/mol. The van der Waals surface area contributed by atoms with Crippen LogP contribution in [-0.2, 0) is 0 Å². The van der Waals surface area contributed by atoms with Crippen molar-refractivity contribution in [1.29, 1.82) is 0 Å². The smallest absolute Gasteiger partial charge is 0.131 e. The second kappa shape index (κ2) is 0.823. The van der Waals surface area contributed by atoms with Crippen LogP contribution in [0, 0.1) is 0 Å². The van der Waals surface area contributed by atoms with Crippen molar-refractivity contribution in [3.63, 3.8) is 0 Å². The van der Waals surface area contributed by atoms with Gasteiger partial charge in [-0.15, -0.1) is 0 Å². The Morgan fingerprint density at radius 1 is 1.25 bits per heavy atom. The molecule has 0 saturated heterocycles. The van der Waals surface area contributed by atoms with Crippen molar-refractivity contribution in [1.82, 2.24) is 0 Å². The quantitative estimate of drug-likeness (QED) is 0.389. The number of nitrogen functional groups attached to an aromatic ring is 1. The van der Waals surface area contributed by atoms with E-state index in [4.69, 9.17) is 10.8 Å². The fourth-order valence-corrected chi connectivity index (χ4v) is 0.874. The summed E-state index contributed by atoms with van der Waals surface area (Å²) in [5.41, 5.74) is 7.94. The van der Waals surface area contributed by atoms with Crippen LogP contribution in [0.2, 0.25) is 0 Å². The predicted molar refractivity (Wildman–Crippen MR) is 31.5 cm³/mol. The van der Waals surface area contributed by atoms with Crippen LogP contribution in [0.4, 0.5) is 5.69 Å². The van der Waals surface area contributed by atoms with Gasteiger partial charge in [0, 0.05) is 16.8 Å². The number of phenolic OH excluding ortho intramolecular Hbond substituents is 1. The summed E-state index contributed by atoms with van der Waals surface area (Å²) in [5.74, 6) is 0.416. The Kier molecular flexibility index (Phi) is 0.388. The largest absolute Gasteiger partial charge is 0.507 e. The minimum atomic E-state index is 0.416. The van der Waals surface area contributed by atoms with Crippen LogP contribution in [0.15, 0.2) is 12.1 Å². The highest BCUT2D eigenvalue weighted by atomic mass is 16.3. The molecule has 0 amide bonds. The minimum absolute atomic E-state index is 0.416. The molecule has 0 aromatic heterocycles. The molecule has 0 aromatic carbocycles. The molecule has 0 fully saturated rings. The lowest BCUT2D eigenvalue weighted by atomic mass is 10.5. The second-order valence-corrected chi connectivity index (χ2v) is 1.96. The van der Waals surface area contributed by atoms with E-state index in [0.717, 1.165) is 16.8 Å². The van der Waals surface area contributed by atoms with Crippen LogP contribution in [0.5, 0.6) is 5.75 Å². The summed E-state index contributed by atoms with van der Waals surface area (Å²) in [6.45, 7) is 0. The Hall–Kier alpha value is -1.18. The van der Waals surface area contributed by atoms with Crippen molar-refractivity contribution in [3.05, 3.63) is 12.1 Å². The van der Waals surface area contributed by atoms with Gasteiger partial charge >= 0.3 is 0 Å². The molecule has 3 N–H and O–H groups in total. The number of phenols is 1. The maximum absolute atomic E-state index is 8.78. The van der Waals surface area contributed by atoms with E-state index >= 15 is 0 Å². The molecule has 0 aliphatic heterocycles. The van der Waals surface area contributed by atoms with Crippen LogP contribution in [0.25, 0.3) is 11.1 Å². The molecule has 2 rings (SSSR count). The highest BCUT2D eigenvalue weighted by molar-refractivity contribution is 5.97. The monoisotopic (exact) mass is 107 g/mol. The molecule has 0 heterocycles. The molecule has 2 aliphatic carbocycles. The number of hydrogen-bond donors (Lipinski definition) is 2. The normalized spacial score (nSPS) is 11.5. The molecule has 2 nitrogen and oxygen atoms in total. The van der Waals surface area contributed by atoms with Gasteiger partial charge in [-0.2, -0.15) is 0 Å². The van der Waals surface area contributed by atoms with Crippen molar-refractivity contribution >= 4 is 5.69 Å². The molecule has 0 radical (unpaired) electrons. The third-order valence-electron chi connectivity index (χ3n) is 1.36. The number of hydrogen-bond acceptors (Lipinski definition) is 2. The van der Waals surface area contributed by atoms with Gasteiger partial charge in [-0.3, -0.25) is 0 Å².